The van der Waals surface area contributed by atoms with E-state index in [-0.39, 0.29) is 23.6 Å². The maximum Gasteiger partial charge on any atom is 0.229 e. The van der Waals surface area contributed by atoms with Crippen molar-refractivity contribution in [3.05, 3.63) is 24.0 Å². The van der Waals surface area contributed by atoms with Crippen LogP contribution in [0.15, 0.2) is 18.2 Å². The number of anilines is 2. The molecule has 0 radical (unpaired) electrons. The van der Waals surface area contributed by atoms with Crippen LogP contribution in [0, 0.1) is 11.7 Å². The SMILES string of the molecule is CS(=O)(=O)Nc1cc(NC(=O)C2CCCC(N)C2)ccc1F. The Labute approximate surface area is 129 Å². The minimum absolute atomic E-state index is 0.0279. The van der Waals surface area contributed by atoms with Gasteiger partial charge in [0, 0.05) is 17.6 Å². The van der Waals surface area contributed by atoms with Crippen LogP contribution in [0.2, 0.25) is 0 Å². The summed E-state index contributed by atoms with van der Waals surface area (Å²) in [5.74, 6) is -1.05. The number of benzene rings is 1. The standard InChI is InChI=1S/C14H20FN3O3S/c1-22(20,21)18-13-8-11(5-6-12(13)15)17-14(19)9-3-2-4-10(16)7-9/h5-6,8-10,18H,2-4,7,16H2,1H3,(H,17,19). The number of sulfonamides is 1. The summed E-state index contributed by atoms with van der Waals surface area (Å²) >= 11 is 0. The molecule has 1 amide bonds. The molecule has 1 aliphatic carbocycles. The highest BCUT2D eigenvalue weighted by molar-refractivity contribution is 7.92. The first-order valence-electron chi connectivity index (χ1n) is 7.08. The largest absolute Gasteiger partial charge is 0.328 e. The zero-order valence-electron chi connectivity index (χ0n) is 12.3. The molecule has 4 N–H and O–H groups in total. The van der Waals surface area contributed by atoms with Gasteiger partial charge in [0.1, 0.15) is 5.82 Å². The van der Waals surface area contributed by atoms with Crippen LogP contribution in [0.3, 0.4) is 0 Å². The topological polar surface area (TPSA) is 101 Å². The Morgan fingerprint density at radius 1 is 1.36 bits per heavy atom. The van der Waals surface area contributed by atoms with E-state index in [0.717, 1.165) is 31.6 Å². The van der Waals surface area contributed by atoms with Gasteiger partial charge < -0.3 is 11.1 Å². The average Bonchev–Trinajstić information content (AvgIpc) is 2.41. The first kappa shape index (κ1) is 16.7. The molecule has 2 rings (SSSR count). The number of carbonyl (C=O) groups excluding carboxylic acids is 1. The van der Waals surface area contributed by atoms with Gasteiger partial charge in [-0.2, -0.15) is 0 Å². The van der Waals surface area contributed by atoms with Crippen molar-refractivity contribution in [2.24, 2.45) is 11.7 Å². The second-order valence-electron chi connectivity index (χ2n) is 5.68. The Morgan fingerprint density at radius 3 is 2.73 bits per heavy atom. The minimum atomic E-state index is -3.59. The van der Waals surface area contributed by atoms with Gasteiger partial charge in [0.2, 0.25) is 15.9 Å². The van der Waals surface area contributed by atoms with E-state index in [1.807, 2.05) is 0 Å². The summed E-state index contributed by atoms with van der Waals surface area (Å²) in [7, 11) is -3.59. The lowest BCUT2D eigenvalue weighted by molar-refractivity contribution is -0.120. The van der Waals surface area contributed by atoms with Gasteiger partial charge in [-0.05, 0) is 37.5 Å². The third-order valence-electron chi connectivity index (χ3n) is 3.61. The molecule has 1 saturated carbocycles. The summed E-state index contributed by atoms with van der Waals surface area (Å²) in [5, 5.41) is 2.69. The fourth-order valence-corrected chi connectivity index (χ4v) is 3.15. The van der Waals surface area contributed by atoms with E-state index in [1.54, 1.807) is 0 Å². The molecule has 0 bridgehead atoms. The third kappa shape index (κ3) is 4.67. The zero-order chi connectivity index (χ0) is 16.3. The summed E-state index contributed by atoms with van der Waals surface area (Å²) in [4.78, 5) is 12.2. The van der Waals surface area contributed by atoms with E-state index in [1.165, 1.54) is 12.1 Å². The summed E-state index contributed by atoms with van der Waals surface area (Å²) in [5.41, 5.74) is 6.01. The van der Waals surface area contributed by atoms with Crippen molar-refractivity contribution in [2.45, 2.75) is 31.7 Å². The Hall–Kier alpha value is -1.67. The monoisotopic (exact) mass is 329 g/mol. The fraction of sp³-hybridized carbons (Fsp3) is 0.500. The Balaban J connectivity index is 2.09. The van der Waals surface area contributed by atoms with Gasteiger partial charge in [0.15, 0.2) is 0 Å². The number of halogens is 1. The van der Waals surface area contributed by atoms with E-state index < -0.39 is 15.8 Å². The van der Waals surface area contributed by atoms with Crippen molar-refractivity contribution in [1.29, 1.82) is 0 Å². The minimum Gasteiger partial charge on any atom is -0.328 e. The van der Waals surface area contributed by atoms with Crippen molar-refractivity contribution < 1.29 is 17.6 Å². The van der Waals surface area contributed by atoms with Gasteiger partial charge in [-0.1, -0.05) is 6.42 Å². The maximum absolute atomic E-state index is 13.6. The van der Waals surface area contributed by atoms with E-state index in [0.29, 0.717) is 12.1 Å². The fourth-order valence-electron chi connectivity index (χ4n) is 2.59. The molecule has 1 aromatic rings. The van der Waals surface area contributed by atoms with Gasteiger partial charge in [0.25, 0.3) is 0 Å². The summed E-state index contributed by atoms with van der Waals surface area (Å²) in [6.07, 6.45) is 4.16. The number of hydrogen-bond donors (Lipinski definition) is 3. The number of hydrogen-bond acceptors (Lipinski definition) is 4. The highest BCUT2D eigenvalue weighted by Crippen LogP contribution is 2.26. The Bertz CT molecular complexity index is 663. The lowest BCUT2D eigenvalue weighted by Crippen LogP contribution is -2.34. The molecule has 2 atom stereocenters. The van der Waals surface area contributed by atoms with Crippen LogP contribution in [0.5, 0.6) is 0 Å². The van der Waals surface area contributed by atoms with Crippen LogP contribution in [-0.4, -0.2) is 26.6 Å². The molecule has 0 saturated heterocycles. The Kier molecular flexibility index (Phi) is 5.02. The van der Waals surface area contributed by atoms with Crippen LogP contribution in [0.1, 0.15) is 25.7 Å². The van der Waals surface area contributed by atoms with Crippen LogP contribution in [-0.2, 0) is 14.8 Å². The van der Waals surface area contributed by atoms with E-state index in [9.17, 15) is 17.6 Å². The predicted molar refractivity (Wildman–Crippen MR) is 83.4 cm³/mol. The lowest BCUT2D eigenvalue weighted by atomic mass is 9.85. The second-order valence-corrected chi connectivity index (χ2v) is 7.43. The quantitative estimate of drug-likeness (QED) is 0.782. The molecule has 22 heavy (non-hydrogen) atoms. The molecular weight excluding hydrogens is 309 g/mol. The highest BCUT2D eigenvalue weighted by Gasteiger charge is 2.25. The molecule has 1 aliphatic rings. The van der Waals surface area contributed by atoms with Gasteiger partial charge in [-0.3, -0.25) is 9.52 Å². The molecule has 6 nitrogen and oxygen atoms in total. The summed E-state index contributed by atoms with van der Waals surface area (Å²) in [6, 6.07) is 3.79. The normalized spacial score (nSPS) is 22.1. The second kappa shape index (κ2) is 6.62. The van der Waals surface area contributed by atoms with E-state index >= 15 is 0 Å². The van der Waals surface area contributed by atoms with Crippen LogP contribution < -0.4 is 15.8 Å². The van der Waals surface area contributed by atoms with Gasteiger partial charge in [-0.25, -0.2) is 12.8 Å². The molecule has 0 spiro atoms. The predicted octanol–water partition coefficient (Wildman–Crippen LogP) is 1.65. The number of carbonyl (C=O) groups is 1. The van der Waals surface area contributed by atoms with Crippen molar-refractivity contribution in [2.75, 3.05) is 16.3 Å². The smallest absolute Gasteiger partial charge is 0.229 e. The first-order valence-corrected chi connectivity index (χ1v) is 8.97. The van der Waals surface area contributed by atoms with Gasteiger partial charge in [0.05, 0.1) is 11.9 Å². The van der Waals surface area contributed by atoms with E-state index in [2.05, 4.69) is 10.0 Å². The molecule has 8 heteroatoms. The zero-order valence-corrected chi connectivity index (χ0v) is 13.1. The number of rotatable bonds is 4. The molecule has 2 unspecified atom stereocenters. The first-order chi connectivity index (χ1) is 10.2. The highest BCUT2D eigenvalue weighted by atomic mass is 32.2. The maximum atomic E-state index is 13.6. The van der Waals surface area contributed by atoms with Crippen molar-refractivity contribution in [3.63, 3.8) is 0 Å². The van der Waals surface area contributed by atoms with Crippen molar-refractivity contribution in [1.82, 2.24) is 0 Å². The molecule has 0 aliphatic heterocycles. The molecule has 0 heterocycles. The number of nitrogens with two attached hydrogens (primary N) is 1. The molecule has 1 aromatic carbocycles. The molecule has 0 aromatic heterocycles. The van der Waals surface area contributed by atoms with Crippen LogP contribution >= 0.6 is 0 Å². The Morgan fingerprint density at radius 2 is 2.09 bits per heavy atom. The molecular formula is C14H20FN3O3S. The third-order valence-corrected chi connectivity index (χ3v) is 4.21. The van der Waals surface area contributed by atoms with Crippen LogP contribution in [0.4, 0.5) is 15.8 Å². The average molecular weight is 329 g/mol. The van der Waals surface area contributed by atoms with E-state index in [4.69, 9.17) is 5.73 Å². The van der Waals surface area contributed by atoms with Gasteiger partial charge in [-0.15, -0.1) is 0 Å². The summed E-state index contributed by atoms with van der Waals surface area (Å²) < 4.78 is 38.0. The number of amides is 1. The van der Waals surface area contributed by atoms with Crippen LogP contribution in [0.25, 0.3) is 0 Å². The van der Waals surface area contributed by atoms with Crippen molar-refractivity contribution >= 4 is 27.3 Å². The number of nitrogens with one attached hydrogen (secondary N) is 2. The lowest BCUT2D eigenvalue weighted by Gasteiger charge is -2.25. The van der Waals surface area contributed by atoms with Gasteiger partial charge >= 0.3 is 0 Å². The summed E-state index contributed by atoms with van der Waals surface area (Å²) in [6.45, 7) is 0. The van der Waals surface area contributed by atoms with Crippen molar-refractivity contribution in [3.8, 4) is 0 Å². The molecule has 122 valence electrons. The molecule has 1 fully saturated rings.